The van der Waals surface area contributed by atoms with E-state index in [0.717, 1.165) is 22.5 Å². The number of carbonyl (C=O) groups is 1. The molecule has 0 spiro atoms. The molecule has 138 valence electrons. The van der Waals surface area contributed by atoms with Gasteiger partial charge in [0.2, 0.25) is 6.79 Å². The molecule has 0 saturated heterocycles. The molecule has 2 aromatic carbocycles. The zero-order valence-corrected chi connectivity index (χ0v) is 15.0. The molecule has 0 saturated carbocycles. The molecule has 0 N–H and O–H groups in total. The topological polar surface area (TPSA) is 96.6 Å². The van der Waals surface area contributed by atoms with Crippen LogP contribution in [0.2, 0.25) is 0 Å². The molecule has 1 aliphatic rings. The van der Waals surface area contributed by atoms with E-state index in [4.69, 9.17) is 9.47 Å². The number of aryl methyl sites for hydroxylation is 1. The maximum Gasteiger partial charge on any atom is 0.349 e. The first-order valence-electron chi connectivity index (χ1n) is 7.94. The minimum absolute atomic E-state index is 0.0384. The molecule has 27 heavy (non-hydrogen) atoms. The number of ether oxygens (including phenoxy) is 2. The van der Waals surface area contributed by atoms with Crippen molar-refractivity contribution in [1.29, 1.82) is 0 Å². The molecule has 0 unspecified atom stereocenters. The summed E-state index contributed by atoms with van der Waals surface area (Å²) in [6.07, 6.45) is 2.18. The van der Waals surface area contributed by atoms with Gasteiger partial charge in [0.1, 0.15) is 0 Å². The zero-order valence-electron chi connectivity index (χ0n) is 14.2. The van der Waals surface area contributed by atoms with E-state index in [-0.39, 0.29) is 17.3 Å². The van der Waals surface area contributed by atoms with Crippen LogP contribution in [-0.4, -0.2) is 29.7 Å². The van der Waals surface area contributed by atoms with Crippen LogP contribution < -0.4 is 15.2 Å². The summed E-state index contributed by atoms with van der Waals surface area (Å²) >= 11 is 0. The molecule has 0 fully saturated rings. The number of carbonyl (C=O) groups excluding carboxylic acids is 1. The molecule has 8 nitrogen and oxygen atoms in total. The number of hydrogen-bond donors (Lipinski definition) is 0. The van der Waals surface area contributed by atoms with Crippen molar-refractivity contribution in [2.24, 2.45) is 0 Å². The van der Waals surface area contributed by atoms with Crippen molar-refractivity contribution < 1.29 is 22.7 Å². The van der Waals surface area contributed by atoms with Crippen LogP contribution in [0.15, 0.2) is 64.5 Å². The highest BCUT2D eigenvalue weighted by Gasteiger charge is 2.24. The molecule has 9 heteroatoms. The third-order valence-electron chi connectivity index (χ3n) is 4.16. The molecule has 0 radical (unpaired) electrons. The van der Waals surface area contributed by atoms with Gasteiger partial charge in [0.15, 0.2) is 11.5 Å². The van der Waals surface area contributed by atoms with Crippen LogP contribution in [0.1, 0.15) is 15.9 Å². The van der Waals surface area contributed by atoms with Gasteiger partial charge in [-0.3, -0.25) is 4.79 Å². The van der Waals surface area contributed by atoms with Crippen molar-refractivity contribution in [1.82, 2.24) is 8.54 Å². The highest BCUT2D eigenvalue weighted by atomic mass is 32.2. The van der Waals surface area contributed by atoms with Gasteiger partial charge in [-0.15, -0.1) is 0 Å². The maximum absolute atomic E-state index is 12.7. The van der Waals surface area contributed by atoms with E-state index >= 15 is 0 Å². The highest BCUT2D eigenvalue weighted by molar-refractivity contribution is 7.90. The third kappa shape index (κ3) is 2.81. The maximum atomic E-state index is 12.7. The number of aromatic nitrogens is 2. The van der Waals surface area contributed by atoms with Gasteiger partial charge < -0.3 is 9.47 Å². The zero-order chi connectivity index (χ0) is 19.2. The fourth-order valence-electron chi connectivity index (χ4n) is 2.69. The number of fused-ring (bicyclic) bond motifs is 1. The Bertz CT molecular complexity index is 1210. The average molecular weight is 386 g/mol. The van der Waals surface area contributed by atoms with E-state index in [2.05, 4.69) is 0 Å². The van der Waals surface area contributed by atoms with Crippen LogP contribution in [0.3, 0.4) is 0 Å². The summed E-state index contributed by atoms with van der Waals surface area (Å²) in [6.45, 7) is 1.88. The molecule has 0 aliphatic carbocycles. The Kier molecular flexibility index (Phi) is 3.88. The van der Waals surface area contributed by atoms with Crippen molar-refractivity contribution in [2.45, 2.75) is 11.8 Å². The normalized spacial score (nSPS) is 12.9. The number of imidazole rings is 1. The van der Waals surface area contributed by atoms with Crippen LogP contribution in [-0.2, 0) is 10.0 Å². The van der Waals surface area contributed by atoms with Gasteiger partial charge in [0.25, 0.3) is 15.9 Å². The standard InChI is InChI=1S/C18H14N2O6S/c1-12-2-5-14(6-3-12)27(23,24)20-9-8-19(18(20)22)17(21)13-4-7-15-16(10-13)26-11-25-15/h2-10H,11H2,1H3. The molecule has 2 heterocycles. The van der Waals surface area contributed by atoms with E-state index < -0.39 is 21.6 Å². The second-order valence-electron chi connectivity index (χ2n) is 5.94. The van der Waals surface area contributed by atoms with Gasteiger partial charge in [-0.25, -0.2) is 17.8 Å². The molecule has 1 aliphatic heterocycles. The fourth-order valence-corrected chi connectivity index (χ4v) is 3.91. The van der Waals surface area contributed by atoms with Crippen LogP contribution in [0.25, 0.3) is 0 Å². The number of rotatable bonds is 3. The summed E-state index contributed by atoms with van der Waals surface area (Å²) < 4.78 is 37.1. The van der Waals surface area contributed by atoms with Crippen LogP contribution in [0, 0.1) is 6.92 Å². The predicted octanol–water partition coefficient (Wildman–Crippen LogP) is 1.61. The summed E-state index contributed by atoms with van der Waals surface area (Å²) in [5.74, 6) is 0.218. The summed E-state index contributed by atoms with van der Waals surface area (Å²) in [7, 11) is -4.10. The third-order valence-corrected chi connectivity index (χ3v) is 5.83. The van der Waals surface area contributed by atoms with Crippen molar-refractivity contribution in [3.8, 4) is 11.5 Å². The number of benzene rings is 2. The fraction of sp³-hybridized carbons (Fsp3) is 0.111. The van der Waals surface area contributed by atoms with E-state index in [1.165, 1.54) is 24.3 Å². The lowest BCUT2D eigenvalue weighted by atomic mass is 10.2. The Morgan fingerprint density at radius 1 is 1.00 bits per heavy atom. The monoisotopic (exact) mass is 386 g/mol. The van der Waals surface area contributed by atoms with Crippen molar-refractivity contribution in [3.63, 3.8) is 0 Å². The number of nitrogens with zero attached hydrogens (tertiary/aromatic N) is 2. The van der Waals surface area contributed by atoms with Crippen molar-refractivity contribution >= 4 is 15.9 Å². The molecule has 0 atom stereocenters. The first-order chi connectivity index (χ1) is 12.9. The summed E-state index contributed by atoms with van der Waals surface area (Å²) in [6, 6.07) is 10.6. The smallest absolute Gasteiger partial charge is 0.349 e. The van der Waals surface area contributed by atoms with Gasteiger partial charge in [-0.1, -0.05) is 17.7 Å². The first-order valence-corrected chi connectivity index (χ1v) is 9.38. The Balaban J connectivity index is 1.73. The molecule has 4 rings (SSSR count). The van der Waals surface area contributed by atoms with E-state index in [9.17, 15) is 18.0 Å². The van der Waals surface area contributed by atoms with Gasteiger partial charge in [-0.05, 0) is 37.3 Å². The Morgan fingerprint density at radius 2 is 1.70 bits per heavy atom. The lowest BCUT2D eigenvalue weighted by Crippen LogP contribution is -2.32. The quantitative estimate of drug-likeness (QED) is 0.679. The Labute approximate surface area is 154 Å². The first kappa shape index (κ1) is 17.1. The molecular formula is C18H14N2O6S. The lowest BCUT2D eigenvalue weighted by molar-refractivity contribution is 0.0955. The SMILES string of the molecule is Cc1ccc(S(=O)(=O)n2ccn(C(=O)c3ccc4c(c3)OCO4)c2=O)cc1. The molecular weight excluding hydrogens is 372 g/mol. The largest absolute Gasteiger partial charge is 0.454 e. The van der Waals surface area contributed by atoms with Crippen LogP contribution in [0.4, 0.5) is 0 Å². The van der Waals surface area contributed by atoms with Gasteiger partial charge >= 0.3 is 5.69 Å². The number of hydrogen-bond acceptors (Lipinski definition) is 6. The van der Waals surface area contributed by atoms with Crippen molar-refractivity contribution in [2.75, 3.05) is 6.79 Å². The highest BCUT2D eigenvalue weighted by Crippen LogP contribution is 2.32. The average Bonchev–Trinajstić information content (AvgIpc) is 3.27. The lowest BCUT2D eigenvalue weighted by Gasteiger charge is -2.05. The Hall–Kier alpha value is -3.33. The van der Waals surface area contributed by atoms with Crippen LogP contribution >= 0.6 is 0 Å². The van der Waals surface area contributed by atoms with Gasteiger partial charge in [-0.2, -0.15) is 3.97 Å². The van der Waals surface area contributed by atoms with Gasteiger partial charge in [0, 0.05) is 18.0 Å². The second-order valence-corrected chi connectivity index (χ2v) is 7.75. The molecule has 0 bridgehead atoms. The second kappa shape index (κ2) is 6.13. The van der Waals surface area contributed by atoms with E-state index in [0.29, 0.717) is 15.5 Å². The predicted molar refractivity (Wildman–Crippen MR) is 94.7 cm³/mol. The Morgan fingerprint density at radius 3 is 2.44 bits per heavy atom. The minimum Gasteiger partial charge on any atom is -0.454 e. The minimum atomic E-state index is -4.10. The summed E-state index contributed by atoms with van der Waals surface area (Å²) in [4.78, 5) is 25.2. The van der Waals surface area contributed by atoms with Gasteiger partial charge in [0.05, 0.1) is 4.90 Å². The summed E-state index contributed by atoms with van der Waals surface area (Å²) in [5.41, 5.74) is 0.0851. The van der Waals surface area contributed by atoms with E-state index in [1.54, 1.807) is 18.2 Å². The molecule has 0 amide bonds. The molecule has 1 aromatic heterocycles. The van der Waals surface area contributed by atoms with E-state index in [1.807, 2.05) is 6.92 Å². The molecule has 3 aromatic rings. The van der Waals surface area contributed by atoms with Crippen molar-refractivity contribution in [3.05, 3.63) is 76.5 Å². The summed E-state index contributed by atoms with van der Waals surface area (Å²) in [5, 5.41) is 0. The van der Waals surface area contributed by atoms with Crippen LogP contribution in [0.5, 0.6) is 11.5 Å².